The van der Waals surface area contributed by atoms with Crippen molar-refractivity contribution in [3.8, 4) is 12.3 Å². The molecule has 1 atom stereocenters. The van der Waals surface area contributed by atoms with Crippen molar-refractivity contribution in [1.82, 2.24) is 10.3 Å². The van der Waals surface area contributed by atoms with E-state index < -0.39 is 0 Å². The number of terminal acetylenes is 1. The Balaban J connectivity index is 2.53. The highest BCUT2D eigenvalue weighted by molar-refractivity contribution is 7.07. The van der Waals surface area contributed by atoms with Crippen molar-refractivity contribution in [2.75, 3.05) is 6.54 Å². The Bertz CT molecular complexity index is 261. The van der Waals surface area contributed by atoms with Crippen LogP contribution in [0.2, 0.25) is 0 Å². The van der Waals surface area contributed by atoms with Gasteiger partial charge in [-0.1, -0.05) is 6.92 Å². The fourth-order valence-corrected chi connectivity index (χ4v) is 1.72. The molecule has 2 nitrogen and oxygen atoms in total. The molecule has 70 valence electrons. The van der Waals surface area contributed by atoms with Crippen LogP contribution in [0.15, 0.2) is 10.9 Å². The molecule has 0 radical (unpaired) electrons. The predicted molar refractivity (Wildman–Crippen MR) is 56.6 cm³/mol. The Hall–Kier alpha value is -0.850. The summed E-state index contributed by atoms with van der Waals surface area (Å²) in [6, 6.07) is 0.233. The molecule has 0 fully saturated rings. The Kier molecular flexibility index (Phi) is 4.52. The van der Waals surface area contributed by atoms with Gasteiger partial charge in [0.25, 0.3) is 0 Å². The first-order valence-electron chi connectivity index (χ1n) is 4.43. The van der Waals surface area contributed by atoms with E-state index in [1.54, 1.807) is 11.3 Å². The van der Waals surface area contributed by atoms with Gasteiger partial charge in [-0.2, -0.15) is 0 Å². The zero-order valence-corrected chi connectivity index (χ0v) is 8.60. The molecule has 0 saturated heterocycles. The maximum Gasteiger partial charge on any atom is 0.0795 e. The van der Waals surface area contributed by atoms with Crippen LogP contribution in [-0.2, 0) is 0 Å². The third-order valence-corrected chi connectivity index (χ3v) is 2.38. The van der Waals surface area contributed by atoms with E-state index in [0.29, 0.717) is 6.42 Å². The lowest BCUT2D eigenvalue weighted by molar-refractivity contribution is 0.533. The first kappa shape index (κ1) is 10.2. The molecule has 1 aromatic rings. The van der Waals surface area contributed by atoms with Gasteiger partial charge in [-0.05, 0) is 13.0 Å². The first-order valence-corrected chi connectivity index (χ1v) is 5.37. The first-order chi connectivity index (χ1) is 6.38. The van der Waals surface area contributed by atoms with Gasteiger partial charge in [0.15, 0.2) is 0 Å². The van der Waals surface area contributed by atoms with E-state index in [2.05, 4.69) is 23.1 Å². The minimum absolute atomic E-state index is 0.233. The molecule has 0 amide bonds. The lowest BCUT2D eigenvalue weighted by atomic mass is 10.1. The number of aromatic nitrogens is 1. The van der Waals surface area contributed by atoms with Crippen LogP contribution in [0.5, 0.6) is 0 Å². The van der Waals surface area contributed by atoms with E-state index in [0.717, 1.165) is 18.7 Å². The molecule has 3 heteroatoms. The van der Waals surface area contributed by atoms with E-state index >= 15 is 0 Å². The summed E-state index contributed by atoms with van der Waals surface area (Å²) in [6.45, 7) is 3.13. The van der Waals surface area contributed by atoms with Gasteiger partial charge in [-0.15, -0.1) is 23.7 Å². The quantitative estimate of drug-likeness (QED) is 0.727. The number of rotatable bonds is 5. The van der Waals surface area contributed by atoms with Gasteiger partial charge in [0.05, 0.1) is 17.2 Å². The average Bonchev–Trinajstić information content (AvgIpc) is 2.65. The van der Waals surface area contributed by atoms with Crippen molar-refractivity contribution < 1.29 is 0 Å². The van der Waals surface area contributed by atoms with Crippen molar-refractivity contribution in [2.24, 2.45) is 0 Å². The lowest BCUT2D eigenvalue weighted by Crippen LogP contribution is -2.21. The van der Waals surface area contributed by atoms with Gasteiger partial charge in [-0.3, -0.25) is 0 Å². The topological polar surface area (TPSA) is 24.9 Å². The fourth-order valence-electron chi connectivity index (χ4n) is 1.11. The van der Waals surface area contributed by atoms with Gasteiger partial charge in [0.2, 0.25) is 0 Å². The minimum Gasteiger partial charge on any atom is -0.308 e. The van der Waals surface area contributed by atoms with Gasteiger partial charge in [0, 0.05) is 11.8 Å². The summed E-state index contributed by atoms with van der Waals surface area (Å²) in [5.74, 6) is 2.67. The molecular weight excluding hydrogens is 180 g/mol. The van der Waals surface area contributed by atoms with Crippen LogP contribution in [0, 0.1) is 12.3 Å². The van der Waals surface area contributed by atoms with Gasteiger partial charge < -0.3 is 5.32 Å². The lowest BCUT2D eigenvalue weighted by Gasteiger charge is -2.12. The van der Waals surface area contributed by atoms with Crippen LogP contribution < -0.4 is 5.32 Å². The molecule has 1 heterocycles. The Morgan fingerprint density at radius 2 is 2.62 bits per heavy atom. The second-order valence-corrected chi connectivity index (χ2v) is 3.55. The number of nitrogens with one attached hydrogen (secondary N) is 1. The molecule has 0 aliphatic rings. The highest BCUT2D eigenvalue weighted by Gasteiger charge is 2.10. The van der Waals surface area contributed by atoms with Gasteiger partial charge in [-0.25, -0.2) is 4.98 Å². The molecule has 1 unspecified atom stereocenters. The summed E-state index contributed by atoms with van der Waals surface area (Å²) >= 11 is 1.61. The number of thiazole rings is 1. The second-order valence-electron chi connectivity index (χ2n) is 2.83. The van der Waals surface area contributed by atoms with E-state index in [1.165, 1.54) is 0 Å². The summed E-state index contributed by atoms with van der Waals surface area (Å²) in [5.41, 5.74) is 2.91. The van der Waals surface area contributed by atoms with Gasteiger partial charge in [0.1, 0.15) is 0 Å². The summed E-state index contributed by atoms with van der Waals surface area (Å²) in [7, 11) is 0. The zero-order chi connectivity index (χ0) is 9.52. The third-order valence-electron chi connectivity index (χ3n) is 1.77. The number of hydrogen-bond donors (Lipinski definition) is 1. The summed E-state index contributed by atoms with van der Waals surface area (Å²) in [6.07, 6.45) is 7.12. The molecule has 0 aromatic carbocycles. The maximum atomic E-state index is 5.29. The molecule has 0 aliphatic heterocycles. The Morgan fingerprint density at radius 3 is 3.15 bits per heavy atom. The van der Waals surface area contributed by atoms with Crippen LogP contribution in [0.1, 0.15) is 31.5 Å². The number of nitrogens with zero attached hydrogens (tertiary/aromatic N) is 1. The number of hydrogen-bond acceptors (Lipinski definition) is 3. The Morgan fingerprint density at radius 1 is 1.77 bits per heavy atom. The SMILES string of the molecule is C#CCC(NCCC)c1cscn1. The van der Waals surface area contributed by atoms with E-state index in [1.807, 2.05) is 10.9 Å². The van der Waals surface area contributed by atoms with Crippen molar-refractivity contribution >= 4 is 11.3 Å². The molecule has 1 rings (SSSR count). The van der Waals surface area contributed by atoms with E-state index in [4.69, 9.17) is 6.42 Å². The van der Waals surface area contributed by atoms with Crippen molar-refractivity contribution in [2.45, 2.75) is 25.8 Å². The molecule has 1 aromatic heterocycles. The minimum atomic E-state index is 0.233. The largest absolute Gasteiger partial charge is 0.308 e. The predicted octanol–water partition coefficient (Wildman–Crippen LogP) is 2.21. The molecule has 0 aliphatic carbocycles. The standard InChI is InChI=1S/C10H14N2S/c1-3-5-9(11-6-4-2)10-7-13-8-12-10/h1,7-9,11H,4-6H2,2H3. The highest BCUT2D eigenvalue weighted by atomic mass is 32.1. The molecule has 13 heavy (non-hydrogen) atoms. The summed E-state index contributed by atoms with van der Waals surface area (Å²) in [4.78, 5) is 4.25. The van der Waals surface area contributed by atoms with Crippen LogP contribution in [0.25, 0.3) is 0 Å². The normalized spacial score (nSPS) is 12.3. The summed E-state index contributed by atoms with van der Waals surface area (Å²) in [5, 5.41) is 5.42. The van der Waals surface area contributed by atoms with Crippen LogP contribution in [0.3, 0.4) is 0 Å². The van der Waals surface area contributed by atoms with Crippen molar-refractivity contribution in [1.29, 1.82) is 0 Å². The van der Waals surface area contributed by atoms with E-state index in [-0.39, 0.29) is 6.04 Å². The van der Waals surface area contributed by atoms with Gasteiger partial charge >= 0.3 is 0 Å². The zero-order valence-electron chi connectivity index (χ0n) is 7.79. The van der Waals surface area contributed by atoms with Crippen LogP contribution in [-0.4, -0.2) is 11.5 Å². The summed E-state index contributed by atoms with van der Waals surface area (Å²) < 4.78 is 0. The monoisotopic (exact) mass is 194 g/mol. The van der Waals surface area contributed by atoms with Crippen LogP contribution in [0.4, 0.5) is 0 Å². The highest BCUT2D eigenvalue weighted by Crippen LogP contribution is 2.15. The fraction of sp³-hybridized carbons (Fsp3) is 0.500. The Labute approximate surface area is 83.4 Å². The van der Waals surface area contributed by atoms with Crippen molar-refractivity contribution in [3.63, 3.8) is 0 Å². The van der Waals surface area contributed by atoms with Crippen molar-refractivity contribution in [3.05, 3.63) is 16.6 Å². The average molecular weight is 194 g/mol. The molecule has 1 N–H and O–H groups in total. The molecular formula is C10H14N2S. The molecule has 0 saturated carbocycles. The van der Waals surface area contributed by atoms with E-state index in [9.17, 15) is 0 Å². The molecule has 0 spiro atoms. The third kappa shape index (κ3) is 3.17. The molecule has 0 bridgehead atoms. The van der Waals surface area contributed by atoms with Crippen LogP contribution >= 0.6 is 11.3 Å². The smallest absolute Gasteiger partial charge is 0.0795 e. The second kappa shape index (κ2) is 5.74. The maximum absolute atomic E-state index is 5.29.